The number of benzene rings is 1. The normalized spacial score (nSPS) is 26.6. The third kappa shape index (κ3) is 3.59. The highest BCUT2D eigenvalue weighted by Gasteiger charge is 2.46. The van der Waals surface area contributed by atoms with E-state index in [2.05, 4.69) is 15.2 Å². The number of fused-ring (bicyclic) bond motifs is 1. The van der Waals surface area contributed by atoms with Crippen LogP contribution in [0.15, 0.2) is 18.2 Å². The highest BCUT2D eigenvalue weighted by Crippen LogP contribution is 2.37. The molecule has 0 radical (unpaired) electrons. The van der Waals surface area contributed by atoms with Gasteiger partial charge in [0.25, 0.3) is 0 Å². The van der Waals surface area contributed by atoms with Crippen LogP contribution >= 0.6 is 22.9 Å². The Morgan fingerprint density at radius 1 is 1.54 bits per heavy atom. The van der Waals surface area contributed by atoms with E-state index in [1.165, 1.54) is 11.3 Å². The Hall–Kier alpha value is -1.25. The van der Waals surface area contributed by atoms with Crippen LogP contribution in [0.2, 0.25) is 5.02 Å². The first kappa shape index (κ1) is 18.1. The summed E-state index contributed by atoms with van der Waals surface area (Å²) in [4.78, 5) is 19.0. The minimum absolute atomic E-state index is 0.0103. The molecule has 1 amide bonds. The molecule has 140 valence electrons. The maximum Gasteiger partial charge on any atom is 0.240 e. The average molecular weight is 396 g/mol. The number of nitrogens with zero attached hydrogens (tertiary/aromatic N) is 2. The number of likely N-dealkylation sites (tertiary alicyclic amines) is 1. The van der Waals surface area contributed by atoms with E-state index in [0.29, 0.717) is 23.2 Å². The summed E-state index contributed by atoms with van der Waals surface area (Å²) < 4.78 is 12.7. The number of hydrogen-bond donors (Lipinski definition) is 1. The van der Waals surface area contributed by atoms with Crippen LogP contribution in [0.25, 0.3) is 10.2 Å². The number of thiazole rings is 1. The van der Waals surface area contributed by atoms with E-state index in [4.69, 9.17) is 21.1 Å². The molecule has 1 aromatic carbocycles. The smallest absolute Gasteiger partial charge is 0.240 e. The van der Waals surface area contributed by atoms with Crippen LogP contribution in [0, 0.1) is 0 Å². The maximum absolute atomic E-state index is 12.4. The van der Waals surface area contributed by atoms with E-state index in [1.807, 2.05) is 12.1 Å². The van der Waals surface area contributed by atoms with E-state index in [0.717, 1.165) is 42.6 Å². The van der Waals surface area contributed by atoms with Crippen molar-refractivity contribution in [1.82, 2.24) is 9.88 Å². The molecular formula is C18H22ClN3O3S. The van der Waals surface area contributed by atoms with Gasteiger partial charge in [0, 0.05) is 31.8 Å². The van der Waals surface area contributed by atoms with Crippen LogP contribution in [0.1, 0.15) is 19.3 Å². The number of halogens is 1. The highest BCUT2D eigenvalue weighted by atomic mass is 35.5. The molecule has 2 aromatic rings. The lowest BCUT2D eigenvalue weighted by Gasteiger charge is -2.44. The predicted octanol–water partition coefficient (Wildman–Crippen LogP) is 3.16. The van der Waals surface area contributed by atoms with Crippen LogP contribution in [0.5, 0.6) is 0 Å². The summed E-state index contributed by atoms with van der Waals surface area (Å²) in [5.74, 6) is -0.0618. The molecule has 0 bridgehead atoms. The van der Waals surface area contributed by atoms with Crippen LogP contribution in [0.3, 0.4) is 0 Å². The van der Waals surface area contributed by atoms with Crippen molar-refractivity contribution in [3.63, 3.8) is 0 Å². The lowest BCUT2D eigenvalue weighted by Crippen LogP contribution is -2.57. The van der Waals surface area contributed by atoms with Crippen LogP contribution < -0.4 is 5.32 Å². The van der Waals surface area contributed by atoms with Gasteiger partial charge in [-0.3, -0.25) is 9.69 Å². The number of ether oxygens (including phenoxy) is 2. The largest absolute Gasteiger partial charge is 0.377 e. The molecule has 2 saturated heterocycles. The Balaban J connectivity index is 1.37. The van der Waals surface area contributed by atoms with E-state index >= 15 is 0 Å². The number of aromatic nitrogens is 1. The number of nitrogens with one attached hydrogen (secondary N) is 1. The standard InChI is InChI=1S/C18H22ClN3O3S/c1-24-15-10-22(7-6-18(15)5-2-8-25-18)11-16(23)21-17-20-13-4-3-12(19)9-14(13)26-17/h3-4,9,15H,2,5-8,10-11H2,1H3,(H,20,21,23)/t15-,18+/m0/s1. The fourth-order valence-electron chi connectivity index (χ4n) is 3.92. The Morgan fingerprint density at radius 2 is 2.42 bits per heavy atom. The topological polar surface area (TPSA) is 63.7 Å². The molecule has 1 aromatic heterocycles. The lowest BCUT2D eigenvalue weighted by molar-refractivity contribution is -0.145. The zero-order valence-corrected chi connectivity index (χ0v) is 16.2. The summed E-state index contributed by atoms with van der Waals surface area (Å²) in [5.41, 5.74) is 0.682. The van der Waals surface area contributed by atoms with Gasteiger partial charge in [-0.1, -0.05) is 22.9 Å². The second-order valence-electron chi connectivity index (χ2n) is 6.91. The number of anilines is 1. The molecule has 1 spiro atoms. The van der Waals surface area contributed by atoms with Crippen LogP contribution in [0.4, 0.5) is 5.13 Å². The summed E-state index contributed by atoms with van der Waals surface area (Å²) in [7, 11) is 1.73. The number of carbonyl (C=O) groups is 1. The first-order valence-corrected chi connectivity index (χ1v) is 10.0. The SMILES string of the molecule is CO[C@H]1CN(CC(=O)Nc2nc3ccc(Cl)cc3s2)CC[C@]12CCCO2. The van der Waals surface area contributed by atoms with Crippen molar-refractivity contribution in [2.45, 2.75) is 31.0 Å². The number of rotatable bonds is 4. The molecule has 0 aliphatic carbocycles. The molecule has 4 rings (SSSR count). The summed E-state index contributed by atoms with van der Waals surface area (Å²) in [5, 5.41) is 4.17. The number of methoxy groups -OCH3 is 1. The molecule has 8 heteroatoms. The Morgan fingerprint density at radius 3 is 3.19 bits per heavy atom. The molecule has 2 atom stereocenters. The molecular weight excluding hydrogens is 374 g/mol. The third-order valence-electron chi connectivity index (χ3n) is 5.24. The van der Waals surface area contributed by atoms with Crippen molar-refractivity contribution in [3.8, 4) is 0 Å². The number of piperidine rings is 1. The number of carbonyl (C=O) groups excluding carboxylic acids is 1. The summed E-state index contributed by atoms with van der Waals surface area (Å²) >= 11 is 7.44. The van der Waals surface area contributed by atoms with Gasteiger partial charge in [-0.15, -0.1) is 0 Å². The van der Waals surface area contributed by atoms with Crippen molar-refractivity contribution >= 4 is 44.2 Å². The van der Waals surface area contributed by atoms with Gasteiger partial charge in [-0.05, 0) is 37.5 Å². The van der Waals surface area contributed by atoms with Gasteiger partial charge in [-0.2, -0.15) is 0 Å². The second kappa shape index (κ2) is 7.40. The van der Waals surface area contributed by atoms with E-state index in [9.17, 15) is 4.79 Å². The average Bonchev–Trinajstić information content (AvgIpc) is 3.23. The van der Waals surface area contributed by atoms with Gasteiger partial charge in [-0.25, -0.2) is 4.98 Å². The summed E-state index contributed by atoms with van der Waals surface area (Å²) in [6.07, 6.45) is 3.04. The molecule has 0 saturated carbocycles. The van der Waals surface area contributed by atoms with Crippen molar-refractivity contribution < 1.29 is 14.3 Å². The zero-order valence-electron chi connectivity index (χ0n) is 14.7. The minimum atomic E-state index is -0.159. The first-order valence-electron chi connectivity index (χ1n) is 8.83. The second-order valence-corrected chi connectivity index (χ2v) is 8.37. The van der Waals surface area contributed by atoms with Gasteiger partial charge in [0.2, 0.25) is 5.91 Å². The molecule has 2 aliphatic heterocycles. The maximum atomic E-state index is 12.4. The van der Waals surface area contributed by atoms with Crippen LogP contribution in [-0.2, 0) is 14.3 Å². The third-order valence-corrected chi connectivity index (χ3v) is 6.41. The van der Waals surface area contributed by atoms with Gasteiger partial charge in [0.1, 0.15) is 0 Å². The lowest BCUT2D eigenvalue weighted by atomic mass is 9.86. The van der Waals surface area contributed by atoms with Gasteiger partial charge in [0.15, 0.2) is 5.13 Å². The quantitative estimate of drug-likeness (QED) is 0.861. The molecule has 6 nitrogen and oxygen atoms in total. The van der Waals surface area contributed by atoms with Crippen molar-refractivity contribution in [2.75, 3.05) is 38.7 Å². The van der Waals surface area contributed by atoms with Gasteiger partial charge < -0.3 is 14.8 Å². The number of amides is 1. The fraction of sp³-hybridized carbons (Fsp3) is 0.556. The molecule has 3 heterocycles. The van der Waals surface area contributed by atoms with E-state index < -0.39 is 0 Å². The van der Waals surface area contributed by atoms with Crippen molar-refractivity contribution in [3.05, 3.63) is 23.2 Å². The minimum Gasteiger partial charge on any atom is -0.377 e. The van der Waals surface area contributed by atoms with E-state index in [-0.39, 0.29) is 17.6 Å². The van der Waals surface area contributed by atoms with Gasteiger partial charge in [0.05, 0.1) is 28.5 Å². The van der Waals surface area contributed by atoms with Gasteiger partial charge >= 0.3 is 0 Å². The Bertz CT molecular complexity index is 806. The van der Waals surface area contributed by atoms with Crippen molar-refractivity contribution in [1.29, 1.82) is 0 Å². The Kier molecular flexibility index (Phi) is 5.16. The van der Waals surface area contributed by atoms with Crippen LogP contribution in [-0.4, -0.2) is 60.8 Å². The highest BCUT2D eigenvalue weighted by molar-refractivity contribution is 7.22. The molecule has 2 fully saturated rings. The van der Waals surface area contributed by atoms with Crippen molar-refractivity contribution in [2.24, 2.45) is 0 Å². The zero-order chi connectivity index (χ0) is 18.1. The first-order chi connectivity index (χ1) is 12.6. The molecule has 2 aliphatic rings. The fourth-order valence-corrected chi connectivity index (χ4v) is 5.08. The molecule has 26 heavy (non-hydrogen) atoms. The predicted molar refractivity (Wildman–Crippen MR) is 103 cm³/mol. The van der Waals surface area contributed by atoms with E-state index in [1.54, 1.807) is 13.2 Å². The molecule has 0 unspecified atom stereocenters. The summed E-state index contributed by atoms with van der Waals surface area (Å²) in [6.45, 7) is 2.68. The molecule has 1 N–H and O–H groups in total. The summed E-state index contributed by atoms with van der Waals surface area (Å²) in [6, 6.07) is 5.52. The number of hydrogen-bond acceptors (Lipinski definition) is 6. The Labute approximate surface area is 161 Å². The monoisotopic (exact) mass is 395 g/mol.